The first-order valence-electron chi connectivity index (χ1n) is 5.47. The third-order valence-corrected chi connectivity index (χ3v) is 3.37. The Balaban J connectivity index is 2.62. The second-order valence-corrected chi connectivity index (χ2v) is 4.07. The Labute approximate surface area is 99.2 Å². The van der Waals surface area contributed by atoms with E-state index >= 15 is 0 Å². The number of benzene rings is 1. The molecule has 4 heteroatoms. The molecule has 1 heterocycles. The average molecular weight is 228 g/mol. The normalized spacial score (nSPS) is 27.6. The van der Waals surface area contributed by atoms with Crippen molar-refractivity contribution in [3.8, 4) is 6.07 Å². The first kappa shape index (κ1) is 11.3. The Bertz CT molecular complexity index is 504. The number of nitrogens with one attached hydrogen (secondary N) is 1. The van der Waals surface area contributed by atoms with Crippen LogP contribution in [0.2, 0.25) is 0 Å². The van der Waals surface area contributed by atoms with Gasteiger partial charge in [-0.05, 0) is 12.0 Å². The zero-order valence-corrected chi connectivity index (χ0v) is 9.43. The quantitative estimate of drug-likeness (QED) is 0.771. The maximum Gasteiger partial charge on any atom is 0.245 e. The fourth-order valence-electron chi connectivity index (χ4n) is 2.42. The first-order chi connectivity index (χ1) is 8.16. The predicted octanol–water partition coefficient (Wildman–Crippen LogP) is 1.13. The molecule has 0 bridgehead atoms. The maximum atomic E-state index is 12.0. The SMILES string of the molecule is CCC1(c2ccccc2)C(=O)NC(=O)C1C#N. The zero-order valence-electron chi connectivity index (χ0n) is 9.43. The number of carbonyl (C=O) groups is 2. The summed E-state index contributed by atoms with van der Waals surface area (Å²) in [4.78, 5) is 23.6. The molecule has 1 saturated heterocycles. The van der Waals surface area contributed by atoms with E-state index < -0.39 is 17.2 Å². The molecule has 0 saturated carbocycles. The van der Waals surface area contributed by atoms with Gasteiger partial charge >= 0.3 is 0 Å². The van der Waals surface area contributed by atoms with Gasteiger partial charge in [0, 0.05) is 0 Å². The molecular formula is C13H12N2O2. The van der Waals surface area contributed by atoms with Gasteiger partial charge in [-0.3, -0.25) is 14.9 Å². The Hall–Kier alpha value is -2.15. The number of nitrogens with zero attached hydrogens (tertiary/aromatic N) is 1. The van der Waals surface area contributed by atoms with Crippen LogP contribution in [-0.4, -0.2) is 11.8 Å². The summed E-state index contributed by atoms with van der Waals surface area (Å²) in [7, 11) is 0. The summed E-state index contributed by atoms with van der Waals surface area (Å²) in [6, 6.07) is 11.0. The number of hydrogen-bond acceptors (Lipinski definition) is 3. The van der Waals surface area contributed by atoms with E-state index in [0.717, 1.165) is 5.56 Å². The van der Waals surface area contributed by atoms with Crippen LogP contribution in [0.4, 0.5) is 0 Å². The maximum absolute atomic E-state index is 12.0. The summed E-state index contributed by atoms with van der Waals surface area (Å²) in [5.74, 6) is -1.81. The minimum atomic E-state index is -1.03. The van der Waals surface area contributed by atoms with Gasteiger partial charge in [-0.15, -0.1) is 0 Å². The minimum absolute atomic E-state index is 0.372. The predicted molar refractivity (Wildman–Crippen MR) is 60.7 cm³/mol. The van der Waals surface area contributed by atoms with Crippen molar-refractivity contribution >= 4 is 11.8 Å². The lowest BCUT2D eigenvalue weighted by Gasteiger charge is -2.26. The van der Waals surface area contributed by atoms with Gasteiger partial charge in [0.15, 0.2) is 0 Å². The lowest BCUT2D eigenvalue weighted by atomic mass is 9.70. The van der Waals surface area contributed by atoms with Crippen LogP contribution >= 0.6 is 0 Å². The standard InChI is InChI=1S/C13H12N2O2/c1-2-13(9-6-4-3-5-7-9)10(8-14)11(16)15-12(13)17/h3-7,10H,2H2,1H3,(H,15,16,17). The van der Waals surface area contributed by atoms with E-state index in [-0.39, 0.29) is 5.91 Å². The van der Waals surface area contributed by atoms with Crippen molar-refractivity contribution in [1.82, 2.24) is 5.32 Å². The van der Waals surface area contributed by atoms with Gasteiger partial charge in [0.25, 0.3) is 0 Å². The monoisotopic (exact) mass is 228 g/mol. The van der Waals surface area contributed by atoms with E-state index in [1.54, 1.807) is 24.3 Å². The van der Waals surface area contributed by atoms with E-state index in [1.807, 2.05) is 19.1 Å². The largest absolute Gasteiger partial charge is 0.294 e. The number of nitriles is 1. The molecule has 1 N–H and O–H groups in total. The fraction of sp³-hybridized carbons (Fsp3) is 0.308. The van der Waals surface area contributed by atoms with Crippen molar-refractivity contribution in [2.75, 3.05) is 0 Å². The highest BCUT2D eigenvalue weighted by Gasteiger charge is 2.55. The molecule has 2 atom stereocenters. The molecule has 4 nitrogen and oxygen atoms in total. The Morgan fingerprint density at radius 3 is 2.53 bits per heavy atom. The summed E-state index contributed by atoms with van der Waals surface area (Å²) in [6.07, 6.45) is 0.423. The summed E-state index contributed by atoms with van der Waals surface area (Å²) in [6.45, 7) is 1.82. The van der Waals surface area contributed by atoms with Crippen molar-refractivity contribution in [2.24, 2.45) is 5.92 Å². The highest BCUT2D eigenvalue weighted by molar-refractivity contribution is 6.11. The molecule has 1 aliphatic rings. The molecule has 1 aliphatic heterocycles. The summed E-state index contributed by atoms with van der Waals surface area (Å²) in [5.41, 5.74) is -0.315. The van der Waals surface area contributed by atoms with Gasteiger partial charge < -0.3 is 0 Å². The molecule has 0 aromatic heterocycles. The van der Waals surface area contributed by atoms with Crippen LogP contribution in [0.3, 0.4) is 0 Å². The second kappa shape index (κ2) is 4.02. The van der Waals surface area contributed by atoms with Gasteiger partial charge in [0.05, 0.1) is 11.5 Å². The summed E-state index contributed by atoms with van der Waals surface area (Å²) in [5, 5.41) is 11.4. The van der Waals surface area contributed by atoms with Gasteiger partial charge in [-0.25, -0.2) is 0 Å². The Morgan fingerprint density at radius 2 is 2.00 bits per heavy atom. The van der Waals surface area contributed by atoms with E-state index in [2.05, 4.69) is 5.32 Å². The number of imide groups is 1. The van der Waals surface area contributed by atoms with Crippen LogP contribution in [0.25, 0.3) is 0 Å². The van der Waals surface area contributed by atoms with Crippen LogP contribution in [0, 0.1) is 17.2 Å². The molecule has 0 aliphatic carbocycles. The molecule has 86 valence electrons. The lowest BCUT2D eigenvalue weighted by molar-refractivity contribution is -0.126. The van der Waals surface area contributed by atoms with Crippen molar-refractivity contribution in [3.05, 3.63) is 35.9 Å². The van der Waals surface area contributed by atoms with Crippen LogP contribution in [0.15, 0.2) is 30.3 Å². The molecule has 1 aromatic rings. The van der Waals surface area contributed by atoms with Crippen molar-refractivity contribution in [1.29, 1.82) is 5.26 Å². The highest BCUT2D eigenvalue weighted by Crippen LogP contribution is 2.39. The van der Waals surface area contributed by atoms with Gasteiger partial charge in [-0.1, -0.05) is 37.3 Å². The molecule has 17 heavy (non-hydrogen) atoms. The van der Waals surface area contributed by atoms with Crippen LogP contribution in [0.5, 0.6) is 0 Å². The topological polar surface area (TPSA) is 70.0 Å². The summed E-state index contributed by atoms with van der Waals surface area (Å²) >= 11 is 0. The van der Waals surface area contributed by atoms with E-state index in [4.69, 9.17) is 5.26 Å². The highest BCUT2D eigenvalue weighted by atomic mass is 16.2. The van der Waals surface area contributed by atoms with Crippen LogP contribution in [0.1, 0.15) is 18.9 Å². The molecule has 2 amide bonds. The lowest BCUT2D eigenvalue weighted by Crippen LogP contribution is -2.38. The fourth-order valence-corrected chi connectivity index (χ4v) is 2.42. The number of hydrogen-bond donors (Lipinski definition) is 1. The van der Waals surface area contributed by atoms with Crippen LogP contribution in [-0.2, 0) is 15.0 Å². The number of amides is 2. The third-order valence-electron chi connectivity index (χ3n) is 3.37. The Morgan fingerprint density at radius 1 is 1.35 bits per heavy atom. The molecule has 1 fully saturated rings. The van der Waals surface area contributed by atoms with Crippen molar-refractivity contribution in [2.45, 2.75) is 18.8 Å². The molecular weight excluding hydrogens is 216 g/mol. The average Bonchev–Trinajstić information content (AvgIpc) is 2.61. The first-order valence-corrected chi connectivity index (χ1v) is 5.47. The molecule has 0 radical (unpaired) electrons. The molecule has 0 spiro atoms. The van der Waals surface area contributed by atoms with Gasteiger partial charge in [0.2, 0.25) is 11.8 Å². The van der Waals surface area contributed by atoms with Gasteiger partial charge in [0.1, 0.15) is 5.92 Å². The smallest absolute Gasteiger partial charge is 0.245 e. The molecule has 2 rings (SSSR count). The molecule has 2 unspecified atom stereocenters. The minimum Gasteiger partial charge on any atom is -0.294 e. The van der Waals surface area contributed by atoms with E-state index in [1.165, 1.54) is 0 Å². The van der Waals surface area contributed by atoms with E-state index in [9.17, 15) is 9.59 Å². The number of carbonyl (C=O) groups excluding carboxylic acids is 2. The van der Waals surface area contributed by atoms with Crippen LogP contribution < -0.4 is 5.32 Å². The zero-order chi connectivity index (χ0) is 12.5. The van der Waals surface area contributed by atoms with E-state index in [0.29, 0.717) is 6.42 Å². The second-order valence-electron chi connectivity index (χ2n) is 4.07. The summed E-state index contributed by atoms with van der Waals surface area (Å²) < 4.78 is 0. The number of rotatable bonds is 2. The van der Waals surface area contributed by atoms with Gasteiger partial charge in [-0.2, -0.15) is 5.26 Å². The van der Waals surface area contributed by atoms with Crippen molar-refractivity contribution in [3.63, 3.8) is 0 Å². The molecule has 1 aromatic carbocycles. The Kier molecular flexibility index (Phi) is 2.68. The van der Waals surface area contributed by atoms with Crippen molar-refractivity contribution < 1.29 is 9.59 Å². The third kappa shape index (κ3) is 1.43.